The smallest absolute Gasteiger partial charge is 0.251 e. The minimum absolute atomic E-state index is 0.0206. The summed E-state index contributed by atoms with van der Waals surface area (Å²) in [6.45, 7) is 5.61. The van der Waals surface area contributed by atoms with E-state index in [2.05, 4.69) is 4.98 Å². The second-order valence-corrected chi connectivity index (χ2v) is 5.95. The first-order valence-corrected chi connectivity index (χ1v) is 8.00. The summed E-state index contributed by atoms with van der Waals surface area (Å²) in [6, 6.07) is 2.76. The summed E-state index contributed by atoms with van der Waals surface area (Å²) < 4.78 is 1.30. The zero-order valence-electron chi connectivity index (χ0n) is 13.9. The molecule has 2 aromatic rings. The van der Waals surface area contributed by atoms with Crippen molar-refractivity contribution in [2.75, 3.05) is 0 Å². The van der Waals surface area contributed by atoms with Gasteiger partial charge in [-0.1, -0.05) is 13.3 Å². The zero-order valence-corrected chi connectivity index (χ0v) is 13.9. The van der Waals surface area contributed by atoms with Gasteiger partial charge in [-0.15, -0.1) is 0 Å². The summed E-state index contributed by atoms with van der Waals surface area (Å²) in [4.78, 5) is 52.6. The van der Waals surface area contributed by atoms with Crippen LogP contribution in [0.4, 0.5) is 0 Å². The van der Waals surface area contributed by atoms with E-state index in [9.17, 15) is 19.2 Å². The molecule has 0 spiro atoms. The van der Waals surface area contributed by atoms with Gasteiger partial charge in [-0.2, -0.15) is 0 Å². The molecule has 0 radical (unpaired) electrons. The van der Waals surface area contributed by atoms with E-state index in [1.165, 1.54) is 16.7 Å². The molecule has 0 saturated carbocycles. The molecule has 0 aromatic carbocycles. The van der Waals surface area contributed by atoms with Crippen LogP contribution in [-0.2, 0) is 13.0 Å². The van der Waals surface area contributed by atoms with Crippen molar-refractivity contribution in [1.82, 2.24) is 9.55 Å². The van der Waals surface area contributed by atoms with Gasteiger partial charge in [0.25, 0.3) is 5.56 Å². The fraction of sp³-hybridized carbons (Fsp3) is 0.333. The molecule has 6 nitrogen and oxygen atoms in total. The molecular weight excluding hydrogens is 308 g/mol. The number of H-pyrrole nitrogens is 1. The standard InChI is InChI=1S/C18H18N2O4/c1-4-6-10-8-12(22)20(5-2)16-14(10)17(23)13-9(3)7-11(21)19-15(13)18(16)24/h7-8H,4-6H2,1-3H3,(H,19,21). The van der Waals surface area contributed by atoms with Crippen molar-refractivity contribution in [2.45, 2.75) is 40.2 Å². The predicted molar refractivity (Wildman–Crippen MR) is 89.0 cm³/mol. The molecule has 0 bridgehead atoms. The Hall–Kier alpha value is -2.76. The van der Waals surface area contributed by atoms with E-state index in [1.807, 2.05) is 6.92 Å². The number of hydrogen-bond donors (Lipinski definition) is 1. The molecule has 1 aliphatic rings. The van der Waals surface area contributed by atoms with Crippen LogP contribution in [0.2, 0.25) is 0 Å². The molecule has 0 unspecified atom stereocenters. The topological polar surface area (TPSA) is 89.0 Å². The van der Waals surface area contributed by atoms with Crippen molar-refractivity contribution in [3.05, 3.63) is 66.5 Å². The van der Waals surface area contributed by atoms with E-state index in [0.717, 1.165) is 6.42 Å². The average Bonchev–Trinajstić information content (AvgIpc) is 2.51. The summed E-state index contributed by atoms with van der Waals surface area (Å²) in [5.74, 6) is -0.781. The summed E-state index contributed by atoms with van der Waals surface area (Å²) in [7, 11) is 0. The Morgan fingerprint density at radius 2 is 1.71 bits per heavy atom. The van der Waals surface area contributed by atoms with Crippen molar-refractivity contribution in [1.29, 1.82) is 0 Å². The fourth-order valence-electron chi connectivity index (χ4n) is 3.36. The quantitative estimate of drug-likeness (QED) is 0.791. The van der Waals surface area contributed by atoms with Gasteiger partial charge in [0.05, 0.1) is 11.1 Å². The van der Waals surface area contributed by atoms with Crippen molar-refractivity contribution in [2.24, 2.45) is 0 Å². The Balaban J connectivity index is 2.45. The number of nitrogens with one attached hydrogen (secondary N) is 1. The lowest BCUT2D eigenvalue weighted by Gasteiger charge is -2.23. The maximum Gasteiger partial charge on any atom is 0.251 e. The number of aromatic nitrogens is 2. The highest BCUT2D eigenvalue weighted by atomic mass is 16.2. The first-order valence-electron chi connectivity index (χ1n) is 8.00. The van der Waals surface area contributed by atoms with Gasteiger partial charge in [0, 0.05) is 18.7 Å². The van der Waals surface area contributed by atoms with Crippen LogP contribution in [0.1, 0.15) is 63.5 Å². The van der Waals surface area contributed by atoms with Gasteiger partial charge < -0.3 is 9.55 Å². The molecule has 0 aliphatic heterocycles. The fourth-order valence-corrected chi connectivity index (χ4v) is 3.36. The molecule has 0 amide bonds. The highest BCUT2D eigenvalue weighted by Crippen LogP contribution is 2.29. The van der Waals surface area contributed by atoms with E-state index >= 15 is 0 Å². The number of fused-ring (bicyclic) bond motifs is 2. The van der Waals surface area contributed by atoms with Gasteiger partial charge in [-0.05, 0) is 31.4 Å². The second-order valence-electron chi connectivity index (χ2n) is 5.95. The molecule has 1 N–H and O–H groups in total. The third-order valence-electron chi connectivity index (χ3n) is 4.36. The maximum absolute atomic E-state index is 13.1. The van der Waals surface area contributed by atoms with Gasteiger partial charge in [0.15, 0.2) is 5.78 Å². The Morgan fingerprint density at radius 3 is 2.33 bits per heavy atom. The lowest BCUT2D eigenvalue weighted by Crippen LogP contribution is -2.36. The van der Waals surface area contributed by atoms with E-state index in [0.29, 0.717) is 23.1 Å². The van der Waals surface area contributed by atoms with E-state index in [-0.39, 0.29) is 34.8 Å². The molecule has 0 fully saturated rings. The van der Waals surface area contributed by atoms with Gasteiger partial charge >= 0.3 is 0 Å². The molecule has 24 heavy (non-hydrogen) atoms. The maximum atomic E-state index is 13.1. The molecule has 1 aliphatic carbocycles. The first kappa shape index (κ1) is 16.1. The molecule has 6 heteroatoms. The normalized spacial score (nSPS) is 13.0. The number of pyridine rings is 2. The summed E-state index contributed by atoms with van der Waals surface area (Å²) >= 11 is 0. The minimum Gasteiger partial charge on any atom is -0.318 e. The number of carbonyl (C=O) groups excluding carboxylic acids is 2. The largest absolute Gasteiger partial charge is 0.318 e. The van der Waals surface area contributed by atoms with Crippen LogP contribution < -0.4 is 11.1 Å². The highest BCUT2D eigenvalue weighted by Gasteiger charge is 2.36. The number of carbonyl (C=O) groups is 2. The number of aromatic amines is 1. The number of nitrogens with zero attached hydrogens (tertiary/aromatic N) is 1. The lowest BCUT2D eigenvalue weighted by molar-refractivity contribution is 0.0965. The molecular formula is C18H18N2O4. The van der Waals surface area contributed by atoms with Gasteiger partial charge in [-0.3, -0.25) is 19.2 Å². The third-order valence-corrected chi connectivity index (χ3v) is 4.36. The first-order chi connectivity index (χ1) is 11.4. The number of aryl methyl sites for hydroxylation is 2. The SMILES string of the molecule is CCCc1cc(=O)n(CC)c2c1C(=O)c1c(C)cc(=O)[nH]c1C2=O. The van der Waals surface area contributed by atoms with Crippen LogP contribution in [0.25, 0.3) is 0 Å². The predicted octanol–water partition coefficient (Wildman–Crippen LogP) is 1.59. The minimum atomic E-state index is -0.475. The van der Waals surface area contributed by atoms with Gasteiger partial charge in [0.2, 0.25) is 11.3 Å². The summed E-state index contributed by atoms with van der Waals surface area (Å²) in [6.07, 6.45) is 1.29. The van der Waals surface area contributed by atoms with Gasteiger partial charge in [0.1, 0.15) is 11.4 Å². The van der Waals surface area contributed by atoms with Crippen LogP contribution >= 0.6 is 0 Å². The van der Waals surface area contributed by atoms with Crippen LogP contribution in [0.3, 0.4) is 0 Å². The molecule has 0 saturated heterocycles. The number of hydrogen-bond acceptors (Lipinski definition) is 4. The van der Waals surface area contributed by atoms with E-state index in [1.54, 1.807) is 13.8 Å². The second kappa shape index (κ2) is 5.70. The number of rotatable bonds is 3. The Kier molecular flexibility index (Phi) is 3.83. The molecule has 3 rings (SSSR count). The van der Waals surface area contributed by atoms with Crippen LogP contribution in [0, 0.1) is 6.92 Å². The summed E-state index contributed by atoms with van der Waals surface area (Å²) in [5, 5.41) is 0. The van der Waals surface area contributed by atoms with Crippen molar-refractivity contribution in [3.63, 3.8) is 0 Å². The van der Waals surface area contributed by atoms with Crippen molar-refractivity contribution in [3.8, 4) is 0 Å². The molecule has 124 valence electrons. The van der Waals surface area contributed by atoms with Crippen molar-refractivity contribution < 1.29 is 9.59 Å². The number of ketones is 2. The zero-order chi connectivity index (χ0) is 17.6. The van der Waals surface area contributed by atoms with Crippen LogP contribution in [0.5, 0.6) is 0 Å². The highest BCUT2D eigenvalue weighted by molar-refractivity contribution is 6.28. The average molecular weight is 326 g/mol. The Bertz CT molecular complexity index is 995. The lowest BCUT2D eigenvalue weighted by atomic mass is 9.84. The van der Waals surface area contributed by atoms with E-state index in [4.69, 9.17) is 0 Å². The summed E-state index contributed by atoms with van der Waals surface area (Å²) in [5.41, 5.74) is 0.910. The monoisotopic (exact) mass is 326 g/mol. The molecule has 2 heterocycles. The van der Waals surface area contributed by atoms with Gasteiger partial charge in [-0.25, -0.2) is 0 Å². The molecule has 2 aromatic heterocycles. The Labute approximate surface area is 138 Å². The van der Waals surface area contributed by atoms with Crippen LogP contribution in [-0.4, -0.2) is 21.1 Å². The Morgan fingerprint density at radius 1 is 1.00 bits per heavy atom. The molecule has 0 atom stereocenters. The van der Waals surface area contributed by atoms with Crippen molar-refractivity contribution >= 4 is 11.6 Å². The third kappa shape index (κ3) is 2.18. The van der Waals surface area contributed by atoms with E-state index < -0.39 is 11.3 Å². The van der Waals surface area contributed by atoms with Crippen LogP contribution in [0.15, 0.2) is 21.7 Å².